The summed E-state index contributed by atoms with van der Waals surface area (Å²) in [6.07, 6.45) is -2.40. The van der Waals surface area contributed by atoms with E-state index in [0.29, 0.717) is 6.61 Å². The van der Waals surface area contributed by atoms with E-state index in [1.165, 1.54) is 18.0 Å². The van der Waals surface area contributed by atoms with Gasteiger partial charge in [-0.15, -0.1) is 0 Å². The molecule has 1 saturated heterocycles. The minimum atomic E-state index is -1.11. The Balaban J connectivity index is 1.97. The van der Waals surface area contributed by atoms with Gasteiger partial charge in [0.2, 0.25) is 11.9 Å². The number of rotatable bonds is 8. The number of hydrogen-bond donors (Lipinski definition) is 4. The van der Waals surface area contributed by atoms with Crippen molar-refractivity contribution in [3.05, 3.63) is 16.7 Å². The highest BCUT2D eigenvalue weighted by atomic mass is 16.6. The number of methoxy groups -OCH3 is 1. The molecular formula is C17H25N5O7. The molecule has 12 heteroatoms. The number of nitrogens with one attached hydrogen (secondary N) is 2. The van der Waals surface area contributed by atoms with Crippen LogP contribution in [0.1, 0.15) is 20.1 Å². The number of anilines is 1. The van der Waals surface area contributed by atoms with Crippen molar-refractivity contribution in [1.29, 1.82) is 0 Å². The van der Waals surface area contributed by atoms with Crippen molar-refractivity contribution >= 4 is 23.0 Å². The first-order chi connectivity index (χ1) is 13.9. The summed E-state index contributed by atoms with van der Waals surface area (Å²) < 4.78 is 17.8. The molecule has 2 aromatic heterocycles. The van der Waals surface area contributed by atoms with Gasteiger partial charge in [0.05, 0.1) is 26.1 Å². The van der Waals surface area contributed by atoms with Crippen molar-refractivity contribution in [2.24, 2.45) is 5.92 Å². The predicted octanol–water partition coefficient (Wildman–Crippen LogP) is -1.00. The number of aliphatic hydroxyl groups is 2. The quantitative estimate of drug-likeness (QED) is 0.399. The van der Waals surface area contributed by atoms with Crippen molar-refractivity contribution in [2.45, 2.75) is 38.4 Å². The van der Waals surface area contributed by atoms with Gasteiger partial charge in [0.15, 0.2) is 17.4 Å². The number of fused-ring (bicyclic) bond motifs is 1. The van der Waals surface area contributed by atoms with Gasteiger partial charge in [0, 0.05) is 13.0 Å². The second-order valence-electron chi connectivity index (χ2n) is 6.95. The maximum Gasteiger partial charge on any atom is 0.280 e. The minimum absolute atomic E-state index is 0.0305. The Kier molecular flexibility index (Phi) is 6.59. The van der Waals surface area contributed by atoms with Gasteiger partial charge in [-0.3, -0.25) is 24.5 Å². The molecule has 0 spiro atoms. The molecule has 3 heterocycles. The van der Waals surface area contributed by atoms with E-state index in [0.717, 1.165) is 0 Å². The van der Waals surface area contributed by atoms with Gasteiger partial charge in [-0.1, -0.05) is 13.8 Å². The molecule has 1 aliphatic heterocycles. The van der Waals surface area contributed by atoms with Crippen molar-refractivity contribution in [3.63, 3.8) is 0 Å². The maximum absolute atomic E-state index is 12.4. The molecule has 1 amide bonds. The maximum atomic E-state index is 12.4. The Bertz CT molecular complexity index is 911. The van der Waals surface area contributed by atoms with E-state index in [2.05, 4.69) is 20.3 Å². The molecule has 4 atom stereocenters. The Morgan fingerprint density at radius 1 is 1.45 bits per heavy atom. The zero-order valence-corrected chi connectivity index (χ0v) is 16.4. The van der Waals surface area contributed by atoms with E-state index in [1.807, 2.05) is 0 Å². The third-order valence-corrected chi connectivity index (χ3v) is 4.56. The number of imidazole rings is 1. The number of hydrogen-bond acceptors (Lipinski definition) is 9. The Morgan fingerprint density at radius 3 is 2.86 bits per heavy atom. The summed E-state index contributed by atoms with van der Waals surface area (Å²) in [5, 5.41) is 22.5. The van der Waals surface area contributed by atoms with Gasteiger partial charge in [0.1, 0.15) is 18.3 Å². The lowest BCUT2D eigenvalue weighted by Gasteiger charge is -2.22. The van der Waals surface area contributed by atoms with Crippen molar-refractivity contribution < 1.29 is 29.2 Å². The zero-order valence-electron chi connectivity index (χ0n) is 16.4. The molecule has 3 rings (SSSR count). The Morgan fingerprint density at radius 2 is 2.21 bits per heavy atom. The summed E-state index contributed by atoms with van der Waals surface area (Å²) in [6.45, 7) is 3.49. The van der Waals surface area contributed by atoms with Crippen molar-refractivity contribution in [2.75, 3.05) is 32.2 Å². The van der Waals surface area contributed by atoms with E-state index in [9.17, 15) is 19.8 Å². The molecule has 29 heavy (non-hydrogen) atoms. The van der Waals surface area contributed by atoms with E-state index in [-0.39, 0.29) is 35.5 Å². The van der Waals surface area contributed by atoms with Gasteiger partial charge >= 0.3 is 0 Å². The van der Waals surface area contributed by atoms with Crippen LogP contribution in [0.5, 0.6) is 0 Å². The summed E-state index contributed by atoms with van der Waals surface area (Å²) in [4.78, 5) is 35.1. The molecule has 0 radical (unpaired) electrons. The summed E-state index contributed by atoms with van der Waals surface area (Å²) in [7, 11) is 1.52. The monoisotopic (exact) mass is 411 g/mol. The van der Waals surface area contributed by atoms with Crippen LogP contribution in [0.3, 0.4) is 0 Å². The van der Waals surface area contributed by atoms with E-state index in [1.54, 1.807) is 13.8 Å². The summed E-state index contributed by atoms with van der Waals surface area (Å²) in [5.41, 5.74) is -0.362. The molecule has 1 fully saturated rings. The first kappa shape index (κ1) is 21.3. The second-order valence-corrected chi connectivity index (χ2v) is 6.95. The van der Waals surface area contributed by atoms with E-state index in [4.69, 9.17) is 14.2 Å². The lowest BCUT2D eigenvalue weighted by Crippen LogP contribution is -2.36. The highest BCUT2D eigenvalue weighted by molar-refractivity contribution is 5.91. The standard InChI is InChI=1S/C17H25N5O7/c1-8(2)14(25)20-17-19-13-10(15(26)21-17)18-7-22(13)16-12(28-5-4-27-3)11(24)9(6-23)29-16/h7-9,11-12,16,23-24H,4-6H2,1-3H3,(H2,19,20,21,25,26)/t9-,11-,12-,16-/m1/s1. The predicted molar refractivity (Wildman–Crippen MR) is 100 cm³/mol. The minimum Gasteiger partial charge on any atom is -0.394 e. The average molecular weight is 411 g/mol. The lowest BCUT2D eigenvalue weighted by atomic mass is 10.1. The number of H-pyrrole nitrogens is 1. The molecule has 0 bridgehead atoms. The number of aliphatic hydroxyl groups excluding tert-OH is 2. The molecule has 1 aliphatic rings. The van der Waals surface area contributed by atoms with Gasteiger partial charge in [-0.2, -0.15) is 4.98 Å². The van der Waals surface area contributed by atoms with Gasteiger partial charge in [0.25, 0.3) is 5.56 Å². The van der Waals surface area contributed by atoms with E-state index >= 15 is 0 Å². The van der Waals surface area contributed by atoms with Crippen LogP contribution >= 0.6 is 0 Å². The molecule has 0 saturated carbocycles. The van der Waals surface area contributed by atoms with Crippen LogP contribution < -0.4 is 10.9 Å². The first-order valence-corrected chi connectivity index (χ1v) is 9.20. The molecule has 2 aromatic rings. The smallest absolute Gasteiger partial charge is 0.280 e. The zero-order chi connectivity index (χ0) is 21.1. The van der Waals surface area contributed by atoms with Crippen LogP contribution in [0.25, 0.3) is 11.2 Å². The fourth-order valence-electron chi connectivity index (χ4n) is 2.97. The number of nitrogens with zero attached hydrogens (tertiary/aromatic N) is 3. The molecule has 0 aliphatic carbocycles. The topological polar surface area (TPSA) is 161 Å². The summed E-state index contributed by atoms with van der Waals surface area (Å²) in [5.74, 6) is -0.651. The Hall–Kier alpha value is -2.38. The van der Waals surface area contributed by atoms with Crippen LogP contribution in [0.15, 0.2) is 11.1 Å². The normalized spacial score (nSPS) is 24.5. The van der Waals surface area contributed by atoms with Gasteiger partial charge in [-0.25, -0.2) is 4.98 Å². The number of aromatic nitrogens is 4. The largest absolute Gasteiger partial charge is 0.394 e. The molecule has 0 unspecified atom stereocenters. The Labute approximate surface area is 165 Å². The first-order valence-electron chi connectivity index (χ1n) is 9.20. The fourth-order valence-corrected chi connectivity index (χ4v) is 2.97. The second kappa shape index (κ2) is 8.97. The third kappa shape index (κ3) is 4.31. The average Bonchev–Trinajstić information content (AvgIpc) is 3.23. The number of amides is 1. The fraction of sp³-hybridized carbons (Fsp3) is 0.647. The molecular weight excluding hydrogens is 386 g/mol. The van der Waals surface area contributed by atoms with Gasteiger partial charge < -0.3 is 24.4 Å². The van der Waals surface area contributed by atoms with Crippen LogP contribution in [0, 0.1) is 5.92 Å². The highest BCUT2D eigenvalue weighted by Crippen LogP contribution is 2.33. The number of carbonyl (C=O) groups is 1. The van der Waals surface area contributed by atoms with Crippen LogP contribution in [-0.2, 0) is 19.0 Å². The third-order valence-electron chi connectivity index (χ3n) is 4.56. The van der Waals surface area contributed by atoms with Gasteiger partial charge in [-0.05, 0) is 0 Å². The van der Waals surface area contributed by atoms with Crippen molar-refractivity contribution in [1.82, 2.24) is 19.5 Å². The van der Waals surface area contributed by atoms with Crippen LogP contribution in [-0.4, -0.2) is 80.9 Å². The van der Waals surface area contributed by atoms with E-state index < -0.39 is 36.7 Å². The van der Waals surface area contributed by atoms with Crippen molar-refractivity contribution in [3.8, 4) is 0 Å². The summed E-state index contributed by atoms with van der Waals surface area (Å²) >= 11 is 0. The molecule has 4 N–H and O–H groups in total. The SMILES string of the molecule is COCCO[C@@H]1[C@H](O)[C@@H](CO)O[C@H]1n1cnc2c(=O)[nH]c(NC(=O)C(C)C)nc21. The van der Waals surface area contributed by atoms with Crippen LogP contribution in [0.2, 0.25) is 0 Å². The van der Waals surface area contributed by atoms with Crippen LogP contribution in [0.4, 0.5) is 5.95 Å². The highest BCUT2D eigenvalue weighted by Gasteiger charge is 2.46. The number of aromatic amines is 1. The molecule has 0 aromatic carbocycles. The molecule has 12 nitrogen and oxygen atoms in total. The number of ether oxygens (including phenoxy) is 3. The molecule has 160 valence electrons. The number of carbonyl (C=O) groups excluding carboxylic acids is 1. The lowest BCUT2D eigenvalue weighted by molar-refractivity contribution is -0.118. The summed E-state index contributed by atoms with van der Waals surface area (Å²) in [6, 6.07) is 0.